The van der Waals surface area contributed by atoms with Crippen molar-refractivity contribution >= 4 is 22.8 Å². The Labute approximate surface area is 116 Å². The number of carboxylic acid groups (broad SMARTS) is 1. The van der Waals surface area contributed by atoms with E-state index in [1.165, 1.54) is 0 Å². The molecule has 1 aromatic heterocycles. The zero-order valence-corrected chi connectivity index (χ0v) is 11.4. The molecule has 0 radical (unpaired) electrons. The number of hydrogen-bond donors (Lipinski definition) is 2. The van der Waals surface area contributed by atoms with E-state index in [0.717, 1.165) is 5.39 Å². The number of furan rings is 1. The van der Waals surface area contributed by atoms with Gasteiger partial charge in [0.25, 0.3) is 5.91 Å². The molecule has 5 heteroatoms. The van der Waals surface area contributed by atoms with Crippen molar-refractivity contribution in [3.63, 3.8) is 0 Å². The molecule has 0 saturated heterocycles. The summed E-state index contributed by atoms with van der Waals surface area (Å²) in [4.78, 5) is 23.2. The second-order valence-corrected chi connectivity index (χ2v) is 5.14. The second kappa shape index (κ2) is 5.77. The minimum absolute atomic E-state index is 0.126. The predicted octanol–water partition coefficient (Wildman–Crippen LogP) is 2.66. The summed E-state index contributed by atoms with van der Waals surface area (Å²) < 4.78 is 5.41. The van der Waals surface area contributed by atoms with E-state index in [9.17, 15) is 9.59 Å². The summed E-state index contributed by atoms with van der Waals surface area (Å²) >= 11 is 0. The minimum atomic E-state index is -1.04. The molecule has 2 N–H and O–H groups in total. The maximum Gasteiger partial charge on any atom is 0.326 e. The summed E-state index contributed by atoms with van der Waals surface area (Å²) in [7, 11) is 0. The predicted molar refractivity (Wildman–Crippen MR) is 74.6 cm³/mol. The quantitative estimate of drug-likeness (QED) is 0.879. The first-order valence-electron chi connectivity index (χ1n) is 6.49. The van der Waals surface area contributed by atoms with Crippen molar-refractivity contribution in [2.45, 2.75) is 26.3 Å². The average Bonchev–Trinajstić information content (AvgIpc) is 2.81. The maximum absolute atomic E-state index is 12.0. The van der Waals surface area contributed by atoms with Gasteiger partial charge in [-0.3, -0.25) is 4.79 Å². The van der Waals surface area contributed by atoms with E-state index in [1.807, 2.05) is 32.0 Å². The van der Waals surface area contributed by atoms with E-state index in [-0.39, 0.29) is 11.7 Å². The van der Waals surface area contributed by atoms with Crippen LogP contribution in [-0.4, -0.2) is 23.0 Å². The number of carboxylic acids is 1. The van der Waals surface area contributed by atoms with Gasteiger partial charge in [-0.2, -0.15) is 0 Å². The fraction of sp³-hybridized carbons (Fsp3) is 0.333. The van der Waals surface area contributed by atoms with Gasteiger partial charge in [0.05, 0.1) is 0 Å². The Morgan fingerprint density at radius 1 is 1.30 bits per heavy atom. The SMILES string of the molecule is CC(C)C[C@H](NC(=O)c1cc2ccccc2o1)C(=O)O. The summed E-state index contributed by atoms with van der Waals surface area (Å²) in [6.45, 7) is 3.81. The Morgan fingerprint density at radius 3 is 2.60 bits per heavy atom. The van der Waals surface area contributed by atoms with Crippen LogP contribution in [0.15, 0.2) is 34.7 Å². The van der Waals surface area contributed by atoms with Crippen molar-refractivity contribution in [1.82, 2.24) is 5.32 Å². The van der Waals surface area contributed by atoms with Crippen LogP contribution >= 0.6 is 0 Å². The number of rotatable bonds is 5. The molecule has 0 aliphatic carbocycles. The van der Waals surface area contributed by atoms with Crippen molar-refractivity contribution in [3.8, 4) is 0 Å². The summed E-state index contributed by atoms with van der Waals surface area (Å²) in [6, 6.07) is 7.95. The Kier molecular flexibility index (Phi) is 4.08. The smallest absolute Gasteiger partial charge is 0.326 e. The van der Waals surface area contributed by atoms with Crippen molar-refractivity contribution in [1.29, 1.82) is 0 Å². The van der Waals surface area contributed by atoms with Crippen LogP contribution in [0, 0.1) is 5.92 Å². The summed E-state index contributed by atoms with van der Waals surface area (Å²) in [6.07, 6.45) is 0.376. The van der Waals surface area contributed by atoms with E-state index in [2.05, 4.69) is 5.32 Å². The van der Waals surface area contributed by atoms with Crippen LogP contribution in [0.3, 0.4) is 0 Å². The third-order valence-electron chi connectivity index (χ3n) is 2.96. The lowest BCUT2D eigenvalue weighted by molar-refractivity contribution is -0.139. The largest absolute Gasteiger partial charge is 0.480 e. The van der Waals surface area contributed by atoms with Crippen LogP contribution in [-0.2, 0) is 4.79 Å². The van der Waals surface area contributed by atoms with Gasteiger partial charge in [0.1, 0.15) is 11.6 Å². The molecule has 0 aliphatic heterocycles. The number of amides is 1. The molecule has 2 aromatic rings. The Balaban J connectivity index is 2.15. The van der Waals surface area contributed by atoms with E-state index in [1.54, 1.807) is 12.1 Å². The van der Waals surface area contributed by atoms with Crippen molar-refractivity contribution < 1.29 is 19.1 Å². The maximum atomic E-state index is 12.0. The number of fused-ring (bicyclic) bond motifs is 1. The standard InChI is InChI=1S/C15H17NO4/c1-9(2)7-11(15(18)19)16-14(17)13-8-10-5-3-4-6-12(10)20-13/h3-6,8-9,11H,7H2,1-2H3,(H,16,17)(H,18,19)/t11-/m0/s1. The van der Waals surface area contributed by atoms with Crippen LogP contribution in [0.4, 0.5) is 0 Å². The molecule has 0 fully saturated rings. The van der Waals surface area contributed by atoms with Gasteiger partial charge in [-0.05, 0) is 24.5 Å². The fourth-order valence-electron chi connectivity index (χ4n) is 2.02. The Bertz CT molecular complexity index is 597. The van der Waals surface area contributed by atoms with Crippen molar-refractivity contribution in [3.05, 3.63) is 36.1 Å². The zero-order valence-electron chi connectivity index (χ0n) is 11.4. The summed E-state index contributed by atoms with van der Waals surface area (Å²) in [5.74, 6) is -1.24. The number of nitrogens with one attached hydrogen (secondary N) is 1. The number of para-hydroxylation sites is 1. The highest BCUT2D eigenvalue weighted by atomic mass is 16.4. The van der Waals surface area contributed by atoms with Gasteiger partial charge in [-0.25, -0.2) is 4.79 Å². The number of hydrogen-bond acceptors (Lipinski definition) is 3. The number of carbonyl (C=O) groups is 2. The Hall–Kier alpha value is -2.30. The van der Waals surface area contributed by atoms with Crippen LogP contribution in [0.2, 0.25) is 0 Å². The molecule has 2 rings (SSSR count). The summed E-state index contributed by atoms with van der Waals surface area (Å²) in [5, 5.41) is 12.4. The minimum Gasteiger partial charge on any atom is -0.480 e. The van der Waals surface area contributed by atoms with Gasteiger partial charge in [0, 0.05) is 5.39 Å². The van der Waals surface area contributed by atoms with E-state index < -0.39 is 17.9 Å². The first-order valence-corrected chi connectivity index (χ1v) is 6.49. The molecule has 0 unspecified atom stereocenters. The van der Waals surface area contributed by atoms with Gasteiger partial charge in [-0.15, -0.1) is 0 Å². The Morgan fingerprint density at radius 2 is 2.00 bits per heavy atom. The molecule has 1 amide bonds. The second-order valence-electron chi connectivity index (χ2n) is 5.14. The molecule has 0 spiro atoms. The van der Waals surface area contributed by atoms with Crippen LogP contribution < -0.4 is 5.32 Å². The van der Waals surface area contributed by atoms with E-state index >= 15 is 0 Å². The molecule has 0 aliphatic rings. The molecule has 0 saturated carbocycles. The normalized spacial score (nSPS) is 12.6. The third kappa shape index (κ3) is 3.17. The molecular weight excluding hydrogens is 258 g/mol. The van der Waals surface area contributed by atoms with Gasteiger partial charge in [0.15, 0.2) is 5.76 Å². The average molecular weight is 275 g/mol. The first-order chi connectivity index (χ1) is 9.47. The molecule has 1 atom stereocenters. The monoisotopic (exact) mass is 275 g/mol. The van der Waals surface area contributed by atoms with Crippen molar-refractivity contribution in [2.75, 3.05) is 0 Å². The van der Waals surface area contributed by atoms with Crippen LogP contribution in [0.5, 0.6) is 0 Å². The van der Waals surface area contributed by atoms with Gasteiger partial charge < -0.3 is 14.8 Å². The van der Waals surface area contributed by atoms with E-state index in [4.69, 9.17) is 9.52 Å². The zero-order chi connectivity index (χ0) is 14.7. The third-order valence-corrected chi connectivity index (χ3v) is 2.96. The first kappa shape index (κ1) is 14.1. The lowest BCUT2D eigenvalue weighted by atomic mass is 10.0. The number of benzene rings is 1. The number of carbonyl (C=O) groups excluding carboxylic acids is 1. The van der Waals surface area contributed by atoms with Crippen molar-refractivity contribution in [2.24, 2.45) is 5.92 Å². The molecule has 1 heterocycles. The molecule has 106 valence electrons. The highest BCUT2D eigenvalue weighted by Gasteiger charge is 2.23. The molecule has 0 bridgehead atoms. The van der Waals surface area contributed by atoms with Crippen LogP contribution in [0.25, 0.3) is 11.0 Å². The van der Waals surface area contributed by atoms with Crippen LogP contribution in [0.1, 0.15) is 30.8 Å². The van der Waals surface area contributed by atoms with Gasteiger partial charge in [-0.1, -0.05) is 32.0 Å². The lowest BCUT2D eigenvalue weighted by Gasteiger charge is -2.15. The van der Waals surface area contributed by atoms with Gasteiger partial charge in [0.2, 0.25) is 0 Å². The van der Waals surface area contributed by atoms with E-state index in [0.29, 0.717) is 12.0 Å². The molecule has 1 aromatic carbocycles. The fourth-order valence-corrected chi connectivity index (χ4v) is 2.02. The highest BCUT2D eigenvalue weighted by molar-refractivity contribution is 5.97. The topological polar surface area (TPSA) is 79.5 Å². The molecule has 20 heavy (non-hydrogen) atoms. The van der Waals surface area contributed by atoms with Gasteiger partial charge >= 0.3 is 5.97 Å². The summed E-state index contributed by atoms with van der Waals surface area (Å²) in [5.41, 5.74) is 0.605. The molecule has 5 nitrogen and oxygen atoms in total. The number of aliphatic carboxylic acids is 1. The lowest BCUT2D eigenvalue weighted by Crippen LogP contribution is -2.41. The highest BCUT2D eigenvalue weighted by Crippen LogP contribution is 2.19. The molecular formula is C15H17NO4.